The quantitative estimate of drug-likeness (QED) is 0.505. The number of hydrogen-bond acceptors (Lipinski definition) is 4. The number of aldehydes is 2. The second-order valence-electron chi connectivity index (χ2n) is 2.39. The Hall–Kier alpha value is -1.65. The fourth-order valence-corrected chi connectivity index (χ4v) is 1.04. The van der Waals surface area contributed by atoms with Crippen molar-refractivity contribution in [2.24, 2.45) is 0 Å². The van der Waals surface area contributed by atoms with E-state index in [1.165, 1.54) is 11.1 Å². The molecule has 1 rings (SSSR count). The number of likely N-dealkylation sites (N-methyl/N-ethyl adjacent to an activating group) is 1. The second-order valence-corrected chi connectivity index (χ2v) is 2.39. The fourth-order valence-electron chi connectivity index (χ4n) is 1.04. The van der Waals surface area contributed by atoms with Crippen molar-refractivity contribution >= 4 is 19.0 Å². The second kappa shape index (κ2) is 3.17. The summed E-state index contributed by atoms with van der Waals surface area (Å²) in [7, 11) is 1.57. The van der Waals surface area contributed by atoms with E-state index in [-0.39, 0.29) is 0 Å². The molecule has 0 N–H and O–H groups in total. The molecule has 0 aromatic rings. The van der Waals surface area contributed by atoms with Crippen LogP contribution >= 0.6 is 0 Å². The Kier molecular flexibility index (Phi) is 2.23. The lowest BCUT2D eigenvalue weighted by Crippen LogP contribution is -2.38. The van der Waals surface area contributed by atoms with Gasteiger partial charge in [-0.3, -0.25) is 19.3 Å². The van der Waals surface area contributed by atoms with E-state index in [1.54, 1.807) is 7.05 Å². The third-order valence-electron chi connectivity index (χ3n) is 1.76. The first-order chi connectivity index (χ1) is 5.74. The van der Waals surface area contributed by atoms with Crippen LogP contribution in [0.2, 0.25) is 0 Å². The first kappa shape index (κ1) is 8.45. The van der Waals surface area contributed by atoms with Crippen LogP contribution in [0.4, 0.5) is 0 Å². The number of carbonyl (C=O) groups excluding carboxylic acids is 3. The van der Waals surface area contributed by atoms with Gasteiger partial charge in [0.2, 0.25) is 6.41 Å². The first-order valence-electron chi connectivity index (χ1n) is 3.32. The van der Waals surface area contributed by atoms with E-state index in [2.05, 4.69) is 0 Å². The third-order valence-corrected chi connectivity index (χ3v) is 1.76. The van der Waals surface area contributed by atoms with Crippen molar-refractivity contribution in [2.45, 2.75) is 6.17 Å². The Morgan fingerprint density at radius 2 is 2.08 bits per heavy atom. The highest BCUT2D eigenvalue weighted by Crippen LogP contribution is 2.15. The number of nitrogens with zero attached hydrogens (tertiary/aromatic N) is 2. The summed E-state index contributed by atoms with van der Waals surface area (Å²) >= 11 is 0. The fraction of sp³-hybridized carbons (Fsp3) is 0.286. The van der Waals surface area contributed by atoms with Crippen molar-refractivity contribution in [3.8, 4) is 0 Å². The number of allylic oxidation sites excluding steroid dienone is 1. The molecule has 0 aliphatic carbocycles. The van der Waals surface area contributed by atoms with Crippen LogP contribution in [0, 0.1) is 0 Å². The molecule has 0 aromatic heterocycles. The van der Waals surface area contributed by atoms with Gasteiger partial charge in [-0.25, -0.2) is 0 Å². The van der Waals surface area contributed by atoms with Gasteiger partial charge >= 0.3 is 0 Å². The number of rotatable bonds is 3. The van der Waals surface area contributed by atoms with E-state index < -0.39 is 6.17 Å². The molecule has 1 heterocycles. The summed E-state index contributed by atoms with van der Waals surface area (Å²) in [6.07, 6.45) is 2.36. The van der Waals surface area contributed by atoms with E-state index in [9.17, 15) is 14.4 Å². The van der Waals surface area contributed by atoms with Crippen LogP contribution in [0.1, 0.15) is 0 Å². The van der Waals surface area contributed by atoms with Gasteiger partial charge in [0.1, 0.15) is 0 Å². The minimum Gasteiger partial charge on any atom is -0.344 e. The van der Waals surface area contributed by atoms with Crippen molar-refractivity contribution in [1.82, 2.24) is 9.80 Å². The summed E-state index contributed by atoms with van der Waals surface area (Å²) in [5, 5.41) is 0. The maximum absolute atomic E-state index is 10.5. The Bertz CT molecular complexity index is 249. The lowest BCUT2D eigenvalue weighted by molar-refractivity contribution is -0.125. The topological polar surface area (TPSA) is 57.7 Å². The van der Waals surface area contributed by atoms with Gasteiger partial charge in [0.25, 0.3) is 0 Å². The molecule has 0 radical (unpaired) electrons. The molecule has 0 bridgehead atoms. The highest BCUT2D eigenvalue weighted by Gasteiger charge is 2.27. The molecule has 5 nitrogen and oxygen atoms in total. The first-order valence-corrected chi connectivity index (χ1v) is 3.32. The maximum atomic E-state index is 10.5. The zero-order valence-electron chi connectivity index (χ0n) is 6.51. The number of amides is 1. The van der Waals surface area contributed by atoms with Gasteiger partial charge in [0.05, 0.1) is 5.70 Å². The van der Waals surface area contributed by atoms with Gasteiger partial charge in [-0.05, 0) is 0 Å². The molecule has 0 saturated heterocycles. The van der Waals surface area contributed by atoms with Crippen LogP contribution < -0.4 is 0 Å². The monoisotopic (exact) mass is 168 g/mol. The molecule has 0 saturated carbocycles. The van der Waals surface area contributed by atoms with Crippen molar-refractivity contribution < 1.29 is 14.4 Å². The van der Waals surface area contributed by atoms with Gasteiger partial charge in [-0.2, -0.15) is 0 Å². The maximum Gasteiger partial charge on any atom is 0.215 e. The van der Waals surface area contributed by atoms with Crippen molar-refractivity contribution in [3.63, 3.8) is 0 Å². The van der Waals surface area contributed by atoms with Gasteiger partial charge in [0.15, 0.2) is 18.7 Å². The van der Waals surface area contributed by atoms with Crippen molar-refractivity contribution in [2.75, 3.05) is 7.05 Å². The molecule has 1 unspecified atom stereocenters. The highest BCUT2D eigenvalue weighted by molar-refractivity contribution is 5.78. The Balaban J connectivity index is 2.90. The normalized spacial score (nSPS) is 22.1. The molecular weight excluding hydrogens is 160 g/mol. The van der Waals surface area contributed by atoms with E-state index in [0.29, 0.717) is 24.7 Å². The summed E-state index contributed by atoms with van der Waals surface area (Å²) in [5.74, 6) is 0. The smallest absolute Gasteiger partial charge is 0.215 e. The minimum atomic E-state index is -0.678. The predicted molar refractivity (Wildman–Crippen MR) is 39.7 cm³/mol. The largest absolute Gasteiger partial charge is 0.344 e. The highest BCUT2D eigenvalue weighted by atomic mass is 16.1. The summed E-state index contributed by atoms with van der Waals surface area (Å²) in [5.41, 5.74) is 0.319. The van der Waals surface area contributed by atoms with E-state index >= 15 is 0 Å². The molecule has 5 heteroatoms. The Labute approximate surface area is 69.2 Å². The average molecular weight is 168 g/mol. The average Bonchev–Trinajstić information content (AvgIpc) is 2.41. The van der Waals surface area contributed by atoms with Gasteiger partial charge < -0.3 is 4.90 Å². The zero-order chi connectivity index (χ0) is 9.14. The Morgan fingerprint density at radius 1 is 1.42 bits per heavy atom. The summed E-state index contributed by atoms with van der Waals surface area (Å²) in [4.78, 5) is 33.8. The lowest BCUT2D eigenvalue weighted by atomic mass is 10.4. The van der Waals surface area contributed by atoms with Gasteiger partial charge in [-0.1, -0.05) is 0 Å². The minimum absolute atomic E-state index is 0.319. The zero-order valence-corrected chi connectivity index (χ0v) is 6.51. The Morgan fingerprint density at radius 3 is 2.42 bits per heavy atom. The van der Waals surface area contributed by atoms with E-state index in [4.69, 9.17) is 0 Å². The third kappa shape index (κ3) is 1.09. The number of carbonyl (C=O) groups is 3. The molecule has 0 spiro atoms. The van der Waals surface area contributed by atoms with E-state index in [0.717, 1.165) is 4.90 Å². The predicted octanol–water partition coefficient (Wildman–Crippen LogP) is -1.04. The van der Waals surface area contributed by atoms with Gasteiger partial charge in [0, 0.05) is 13.2 Å². The van der Waals surface area contributed by atoms with Crippen LogP contribution in [-0.2, 0) is 14.4 Å². The molecule has 0 fully saturated rings. The van der Waals surface area contributed by atoms with Crippen LogP contribution in [-0.4, -0.2) is 42.0 Å². The molecule has 1 amide bonds. The summed E-state index contributed by atoms with van der Waals surface area (Å²) in [6, 6.07) is 0. The molecule has 0 aromatic carbocycles. The van der Waals surface area contributed by atoms with Gasteiger partial charge in [-0.15, -0.1) is 0 Å². The molecule has 1 aliphatic rings. The van der Waals surface area contributed by atoms with Crippen LogP contribution in [0.25, 0.3) is 0 Å². The molecule has 12 heavy (non-hydrogen) atoms. The number of hydrogen-bond donors (Lipinski definition) is 0. The summed E-state index contributed by atoms with van der Waals surface area (Å²) in [6.45, 7) is 0. The lowest BCUT2D eigenvalue weighted by Gasteiger charge is -2.21. The van der Waals surface area contributed by atoms with Crippen LogP contribution in [0.3, 0.4) is 0 Å². The molecule has 64 valence electrons. The summed E-state index contributed by atoms with van der Waals surface area (Å²) < 4.78 is 0. The SMILES string of the molecule is CN1C(C=O)=CN(C=O)C1C=O. The molecular formula is C7H8N2O3. The van der Waals surface area contributed by atoms with E-state index in [1.807, 2.05) is 0 Å². The van der Waals surface area contributed by atoms with Crippen molar-refractivity contribution in [3.05, 3.63) is 11.9 Å². The van der Waals surface area contributed by atoms with Crippen LogP contribution in [0.15, 0.2) is 11.9 Å². The molecule has 1 aliphatic heterocycles. The standard InChI is InChI=1S/C7H8N2O3/c1-8-6(3-10)2-9(5-12)7(8)4-11/h2-5,7H,1H3. The molecule has 1 atom stereocenters. The van der Waals surface area contributed by atoms with Crippen molar-refractivity contribution in [1.29, 1.82) is 0 Å². The van der Waals surface area contributed by atoms with Crippen LogP contribution in [0.5, 0.6) is 0 Å².